The molecule has 172 valence electrons. The SMILES string of the molecule is CC/C=C/CCCCCCCCCCCCCCOC[C@@H](O)[C@@H]1OC[C@H](O)[C@@H]1O. The summed E-state index contributed by atoms with van der Waals surface area (Å²) in [5.74, 6) is 0. The molecule has 3 N–H and O–H groups in total. The highest BCUT2D eigenvalue weighted by molar-refractivity contribution is 4.87. The highest BCUT2D eigenvalue weighted by Gasteiger charge is 2.39. The van der Waals surface area contributed by atoms with Gasteiger partial charge in [-0.05, 0) is 25.7 Å². The molecule has 0 spiro atoms. The summed E-state index contributed by atoms with van der Waals surface area (Å²) >= 11 is 0. The van der Waals surface area contributed by atoms with E-state index in [-0.39, 0.29) is 13.2 Å². The van der Waals surface area contributed by atoms with Gasteiger partial charge in [0.25, 0.3) is 0 Å². The third-order valence-corrected chi connectivity index (χ3v) is 5.67. The number of allylic oxidation sites excluding steroid dienone is 2. The van der Waals surface area contributed by atoms with Crippen molar-refractivity contribution < 1.29 is 24.8 Å². The van der Waals surface area contributed by atoms with Crippen LogP contribution in [-0.4, -0.2) is 59.6 Å². The largest absolute Gasteiger partial charge is 0.388 e. The van der Waals surface area contributed by atoms with Gasteiger partial charge in [-0.3, -0.25) is 0 Å². The van der Waals surface area contributed by atoms with Gasteiger partial charge < -0.3 is 24.8 Å². The first kappa shape index (κ1) is 26.6. The zero-order valence-corrected chi connectivity index (χ0v) is 18.6. The van der Waals surface area contributed by atoms with Gasteiger partial charge >= 0.3 is 0 Å². The molecule has 0 bridgehead atoms. The lowest BCUT2D eigenvalue weighted by Crippen LogP contribution is -2.40. The minimum atomic E-state index is -1.03. The van der Waals surface area contributed by atoms with Crippen molar-refractivity contribution in [3.8, 4) is 0 Å². The van der Waals surface area contributed by atoms with Crippen LogP contribution in [0.4, 0.5) is 0 Å². The summed E-state index contributed by atoms with van der Waals surface area (Å²) in [4.78, 5) is 0. The van der Waals surface area contributed by atoms with Gasteiger partial charge in [-0.15, -0.1) is 0 Å². The first-order valence-corrected chi connectivity index (χ1v) is 12.0. The van der Waals surface area contributed by atoms with E-state index in [9.17, 15) is 15.3 Å². The van der Waals surface area contributed by atoms with Crippen molar-refractivity contribution >= 4 is 0 Å². The first-order chi connectivity index (χ1) is 14.2. The molecule has 5 heteroatoms. The van der Waals surface area contributed by atoms with Gasteiger partial charge in [-0.2, -0.15) is 0 Å². The quantitative estimate of drug-likeness (QED) is 0.214. The van der Waals surface area contributed by atoms with Gasteiger partial charge in [-0.25, -0.2) is 0 Å². The fourth-order valence-electron chi connectivity index (χ4n) is 3.78. The van der Waals surface area contributed by atoms with Crippen LogP contribution >= 0.6 is 0 Å². The normalized spacial score (nSPS) is 23.2. The summed E-state index contributed by atoms with van der Waals surface area (Å²) in [6.45, 7) is 3.02. The molecule has 0 amide bonds. The van der Waals surface area contributed by atoms with Gasteiger partial charge in [-0.1, -0.05) is 83.3 Å². The number of hydrogen-bond donors (Lipinski definition) is 3. The van der Waals surface area contributed by atoms with E-state index in [0.29, 0.717) is 6.61 Å². The topological polar surface area (TPSA) is 79.2 Å². The predicted octanol–water partition coefficient (Wildman–Crippen LogP) is 4.52. The second-order valence-electron chi connectivity index (χ2n) is 8.41. The summed E-state index contributed by atoms with van der Waals surface area (Å²) in [5, 5.41) is 29.1. The van der Waals surface area contributed by atoms with E-state index in [4.69, 9.17) is 9.47 Å². The van der Waals surface area contributed by atoms with Gasteiger partial charge in [0, 0.05) is 6.61 Å². The molecule has 0 radical (unpaired) electrons. The minimum absolute atomic E-state index is 0.0693. The lowest BCUT2D eigenvalue weighted by molar-refractivity contribution is -0.0813. The Labute approximate surface area is 178 Å². The molecule has 0 unspecified atom stereocenters. The second kappa shape index (κ2) is 18.3. The van der Waals surface area contributed by atoms with Gasteiger partial charge in [0.2, 0.25) is 0 Å². The van der Waals surface area contributed by atoms with Crippen molar-refractivity contribution in [2.24, 2.45) is 0 Å². The number of ether oxygens (including phenoxy) is 2. The number of aliphatic hydroxyl groups is 3. The molecule has 1 heterocycles. The molecule has 5 nitrogen and oxygen atoms in total. The van der Waals surface area contributed by atoms with Gasteiger partial charge in [0.05, 0.1) is 13.2 Å². The number of unbranched alkanes of at least 4 members (excludes halogenated alkanes) is 12. The van der Waals surface area contributed by atoms with Crippen LogP contribution < -0.4 is 0 Å². The molecule has 0 aliphatic carbocycles. The van der Waals surface area contributed by atoms with Crippen molar-refractivity contribution in [1.29, 1.82) is 0 Å². The van der Waals surface area contributed by atoms with Crippen LogP contribution in [0.3, 0.4) is 0 Å². The van der Waals surface area contributed by atoms with E-state index >= 15 is 0 Å². The number of aliphatic hydroxyl groups excluding tert-OH is 3. The molecule has 0 aromatic carbocycles. The third kappa shape index (κ3) is 13.5. The molecular formula is C24H46O5. The van der Waals surface area contributed by atoms with Crippen molar-refractivity contribution in [2.45, 2.75) is 121 Å². The maximum atomic E-state index is 9.95. The van der Waals surface area contributed by atoms with Gasteiger partial charge in [0.1, 0.15) is 24.4 Å². The fourth-order valence-corrected chi connectivity index (χ4v) is 3.78. The molecule has 1 aliphatic rings. The molecule has 1 saturated heterocycles. The molecular weight excluding hydrogens is 368 g/mol. The third-order valence-electron chi connectivity index (χ3n) is 5.67. The summed E-state index contributed by atoms with van der Waals surface area (Å²) < 4.78 is 10.7. The van der Waals surface area contributed by atoms with E-state index in [1.165, 1.54) is 70.6 Å². The summed E-state index contributed by atoms with van der Waals surface area (Å²) in [6, 6.07) is 0. The van der Waals surface area contributed by atoms with Crippen LogP contribution in [0, 0.1) is 0 Å². The van der Waals surface area contributed by atoms with E-state index in [1.807, 2.05) is 0 Å². The average Bonchev–Trinajstić information content (AvgIpc) is 3.05. The van der Waals surface area contributed by atoms with E-state index in [2.05, 4.69) is 19.1 Å². The molecule has 1 fully saturated rings. The van der Waals surface area contributed by atoms with Crippen LogP contribution in [-0.2, 0) is 9.47 Å². The Morgan fingerprint density at radius 1 is 0.862 bits per heavy atom. The molecule has 29 heavy (non-hydrogen) atoms. The lowest BCUT2D eigenvalue weighted by Gasteiger charge is -2.20. The highest BCUT2D eigenvalue weighted by atomic mass is 16.5. The Kier molecular flexibility index (Phi) is 16.8. The predicted molar refractivity (Wildman–Crippen MR) is 118 cm³/mol. The Balaban J connectivity index is 1.75. The van der Waals surface area contributed by atoms with Crippen molar-refractivity contribution in [1.82, 2.24) is 0 Å². The summed E-state index contributed by atoms with van der Waals surface area (Å²) in [5.41, 5.74) is 0. The summed E-state index contributed by atoms with van der Waals surface area (Å²) in [7, 11) is 0. The monoisotopic (exact) mass is 414 g/mol. The lowest BCUT2D eigenvalue weighted by atomic mass is 10.0. The van der Waals surface area contributed by atoms with Crippen LogP contribution in [0.25, 0.3) is 0 Å². The summed E-state index contributed by atoms with van der Waals surface area (Å²) in [6.07, 6.45) is 19.1. The van der Waals surface area contributed by atoms with Gasteiger partial charge in [0.15, 0.2) is 0 Å². The standard InChI is InChI=1S/C24H46O5/c1-2-3-4-5-6-7-8-9-10-11-12-13-14-15-16-17-18-28-19-22(26)24-23(27)21(25)20-29-24/h3-4,21-27H,2,5-20H2,1H3/b4-3+/t21-,22+,23-,24-/m0/s1. The van der Waals surface area contributed by atoms with Crippen molar-refractivity contribution in [2.75, 3.05) is 19.8 Å². The zero-order chi connectivity index (χ0) is 21.2. The molecule has 1 aliphatic heterocycles. The Hall–Kier alpha value is -0.460. The number of hydrogen-bond acceptors (Lipinski definition) is 5. The van der Waals surface area contributed by atoms with Crippen LogP contribution in [0.15, 0.2) is 12.2 Å². The maximum Gasteiger partial charge on any atom is 0.114 e. The molecule has 0 saturated carbocycles. The zero-order valence-electron chi connectivity index (χ0n) is 18.6. The Morgan fingerprint density at radius 3 is 1.93 bits per heavy atom. The van der Waals surface area contributed by atoms with E-state index in [0.717, 1.165) is 19.3 Å². The molecule has 4 atom stereocenters. The Bertz CT molecular complexity index is 387. The van der Waals surface area contributed by atoms with Crippen LogP contribution in [0.2, 0.25) is 0 Å². The number of rotatable bonds is 19. The average molecular weight is 415 g/mol. The highest BCUT2D eigenvalue weighted by Crippen LogP contribution is 2.18. The maximum absolute atomic E-state index is 9.95. The van der Waals surface area contributed by atoms with E-state index < -0.39 is 24.4 Å². The van der Waals surface area contributed by atoms with Crippen LogP contribution in [0.1, 0.15) is 96.8 Å². The molecule has 0 aromatic rings. The van der Waals surface area contributed by atoms with Crippen LogP contribution in [0.5, 0.6) is 0 Å². The molecule has 0 aromatic heterocycles. The minimum Gasteiger partial charge on any atom is -0.388 e. The van der Waals surface area contributed by atoms with Crippen molar-refractivity contribution in [3.63, 3.8) is 0 Å². The smallest absolute Gasteiger partial charge is 0.114 e. The second-order valence-corrected chi connectivity index (χ2v) is 8.41. The molecule has 1 rings (SSSR count). The Morgan fingerprint density at radius 2 is 1.41 bits per heavy atom. The first-order valence-electron chi connectivity index (χ1n) is 12.0. The van der Waals surface area contributed by atoms with E-state index in [1.54, 1.807) is 0 Å². The fraction of sp³-hybridized carbons (Fsp3) is 0.917. The van der Waals surface area contributed by atoms with Crippen molar-refractivity contribution in [3.05, 3.63) is 12.2 Å².